The highest BCUT2D eigenvalue weighted by atomic mass is 35.5. The molecule has 3 rings (SSSR count). The van der Waals surface area contributed by atoms with Crippen molar-refractivity contribution in [1.29, 1.82) is 0 Å². The van der Waals surface area contributed by atoms with Gasteiger partial charge in [-0.05, 0) is 6.07 Å². The zero-order chi connectivity index (χ0) is 11.0. The van der Waals surface area contributed by atoms with Crippen LogP contribution in [0.2, 0.25) is 0 Å². The summed E-state index contributed by atoms with van der Waals surface area (Å²) in [4.78, 5) is 4.22. The van der Waals surface area contributed by atoms with E-state index in [9.17, 15) is 0 Å². The van der Waals surface area contributed by atoms with Crippen LogP contribution in [-0.4, -0.2) is 16.7 Å². The Labute approximate surface area is 97.2 Å². The summed E-state index contributed by atoms with van der Waals surface area (Å²) in [5.41, 5.74) is 1.09. The summed E-state index contributed by atoms with van der Waals surface area (Å²) in [7, 11) is 0. The number of hydrogen-bond acceptors (Lipinski definition) is 4. The lowest BCUT2D eigenvalue weighted by molar-refractivity contribution is 0.304. The van der Waals surface area contributed by atoms with Crippen molar-refractivity contribution >= 4 is 11.6 Å². The van der Waals surface area contributed by atoms with Gasteiger partial charge in [0.15, 0.2) is 5.82 Å². The van der Waals surface area contributed by atoms with Crippen LogP contribution in [0.1, 0.15) is 23.2 Å². The normalized spacial score (nSPS) is 18.2. The van der Waals surface area contributed by atoms with E-state index in [0.717, 1.165) is 11.3 Å². The number of hydrogen-bond donors (Lipinski definition) is 0. The largest absolute Gasteiger partial charge is 0.492 e. The van der Waals surface area contributed by atoms with Crippen molar-refractivity contribution in [1.82, 2.24) is 10.1 Å². The molecule has 1 aromatic carbocycles. The van der Waals surface area contributed by atoms with Gasteiger partial charge in [0.05, 0.1) is 5.88 Å². The third-order valence-corrected chi connectivity index (χ3v) is 2.84. The Bertz CT molecular complexity index is 512. The van der Waals surface area contributed by atoms with Crippen LogP contribution in [0, 0.1) is 0 Å². The number of aromatic nitrogens is 2. The molecule has 1 unspecified atom stereocenters. The number of fused-ring (bicyclic) bond motifs is 1. The molecule has 0 spiro atoms. The van der Waals surface area contributed by atoms with E-state index >= 15 is 0 Å². The first kappa shape index (κ1) is 9.66. The van der Waals surface area contributed by atoms with Crippen LogP contribution >= 0.6 is 11.6 Å². The summed E-state index contributed by atoms with van der Waals surface area (Å²) >= 11 is 5.63. The van der Waals surface area contributed by atoms with Gasteiger partial charge in [0.1, 0.15) is 18.3 Å². The Morgan fingerprint density at radius 1 is 1.38 bits per heavy atom. The molecule has 0 bridgehead atoms. The van der Waals surface area contributed by atoms with Gasteiger partial charge in [0, 0.05) is 5.56 Å². The van der Waals surface area contributed by atoms with E-state index < -0.39 is 0 Å². The highest BCUT2D eigenvalue weighted by Gasteiger charge is 2.29. The van der Waals surface area contributed by atoms with Gasteiger partial charge in [-0.25, -0.2) is 0 Å². The van der Waals surface area contributed by atoms with Crippen molar-refractivity contribution in [2.24, 2.45) is 0 Å². The van der Waals surface area contributed by atoms with Gasteiger partial charge in [-0.15, -0.1) is 11.6 Å². The molecule has 5 heteroatoms. The fourth-order valence-corrected chi connectivity index (χ4v) is 1.94. The van der Waals surface area contributed by atoms with Gasteiger partial charge < -0.3 is 9.26 Å². The van der Waals surface area contributed by atoms with Crippen LogP contribution in [0.4, 0.5) is 0 Å². The molecule has 1 atom stereocenters. The monoisotopic (exact) mass is 236 g/mol. The molecule has 0 radical (unpaired) electrons. The number of halogens is 1. The molecule has 16 heavy (non-hydrogen) atoms. The first-order chi connectivity index (χ1) is 7.88. The van der Waals surface area contributed by atoms with E-state index in [1.807, 2.05) is 24.3 Å². The molecule has 0 amide bonds. The van der Waals surface area contributed by atoms with Gasteiger partial charge in [0.25, 0.3) is 0 Å². The Morgan fingerprint density at radius 3 is 3.06 bits per heavy atom. The molecule has 4 nitrogen and oxygen atoms in total. The zero-order valence-corrected chi connectivity index (χ0v) is 9.15. The minimum absolute atomic E-state index is 0.0284. The average Bonchev–Trinajstić information content (AvgIpc) is 2.94. The molecule has 0 fully saturated rings. The fourth-order valence-electron chi connectivity index (χ4n) is 1.83. The second-order valence-electron chi connectivity index (χ2n) is 3.58. The second-order valence-corrected chi connectivity index (χ2v) is 3.85. The van der Waals surface area contributed by atoms with Gasteiger partial charge in [-0.1, -0.05) is 23.4 Å². The van der Waals surface area contributed by atoms with Crippen LogP contribution in [-0.2, 0) is 5.88 Å². The molecule has 82 valence electrons. The number of para-hydroxylation sites is 1. The first-order valence-electron chi connectivity index (χ1n) is 4.98. The number of ether oxygens (including phenoxy) is 1. The standard InChI is InChI=1S/C11H9ClN2O2/c12-5-10-13-11(16-14-10)8-6-15-9-4-2-1-3-7(8)9/h1-4,8H,5-6H2. The molecule has 2 heterocycles. The maximum atomic E-state index is 5.63. The minimum atomic E-state index is 0.0284. The highest BCUT2D eigenvalue weighted by molar-refractivity contribution is 6.16. The highest BCUT2D eigenvalue weighted by Crippen LogP contribution is 2.36. The van der Waals surface area contributed by atoms with E-state index in [1.165, 1.54) is 0 Å². The van der Waals surface area contributed by atoms with E-state index in [2.05, 4.69) is 10.1 Å². The fraction of sp³-hybridized carbons (Fsp3) is 0.273. The second kappa shape index (κ2) is 3.79. The molecular weight excluding hydrogens is 228 g/mol. The molecule has 0 N–H and O–H groups in total. The van der Waals surface area contributed by atoms with Gasteiger partial charge in [-0.2, -0.15) is 4.98 Å². The smallest absolute Gasteiger partial charge is 0.237 e. The van der Waals surface area contributed by atoms with E-state index in [0.29, 0.717) is 18.3 Å². The lowest BCUT2D eigenvalue weighted by atomic mass is 10.0. The predicted octanol–water partition coefficient (Wildman–Crippen LogP) is 2.33. The number of alkyl halides is 1. The zero-order valence-electron chi connectivity index (χ0n) is 8.39. The quantitative estimate of drug-likeness (QED) is 0.751. The Morgan fingerprint density at radius 2 is 2.25 bits per heavy atom. The molecule has 1 aliphatic heterocycles. The minimum Gasteiger partial charge on any atom is -0.492 e. The number of benzene rings is 1. The van der Waals surface area contributed by atoms with Crippen molar-refractivity contribution in [2.45, 2.75) is 11.8 Å². The SMILES string of the molecule is ClCc1noc(C2COc3ccccc32)n1. The first-order valence-corrected chi connectivity index (χ1v) is 5.52. The summed E-state index contributed by atoms with van der Waals surface area (Å²) in [6, 6.07) is 7.87. The molecule has 0 saturated carbocycles. The van der Waals surface area contributed by atoms with E-state index in [1.54, 1.807) is 0 Å². The van der Waals surface area contributed by atoms with Gasteiger partial charge in [0.2, 0.25) is 5.89 Å². The summed E-state index contributed by atoms with van der Waals surface area (Å²) in [6.45, 7) is 0.545. The van der Waals surface area contributed by atoms with Crippen LogP contribution in [0.3, 0.4) is 0 Å². The maximum absolute atomic E-state index is 5.63. The van der Waals surface area contributed by atoms with Crippen molar-refractivity contribution < 1.29 is 9.26 Å². The summed E-state index contributed by atoms with van der Waals surface area (Å²) in [5.74, 6) is 2.26. The average molecular weight is 237 g/mol. The molecule has 0 saturated heterocycles. The Kier molecular flexibility index (Phi) is 2.29. The Balaban J connectivity index is 1.98. The van der Waals surface area contributed by atoms with Crippen molar-refractivity contribution in [3.8, 4) is 5.75 Å². The summed E-state index contributed by atoms with van der Waals surface area (Å²) in [6.07, 6.45) is 0. The topological polar surface area (TPSA) is 48.2 Å². The molecule has 0 aliphatic carbocycles. The maximum Gasteiger partial charge on any atom is 0.237 e. The molecular formula is C11H9ClN2O2. The Hall–Kier alpha value is -1.55. The van der Waals surface area contributed by atoms with Crippen molar-refractivity contribution in [2.75, 3.05) is 6.61 Å². The summed E-state index contributed by atoms with van der Waals surface area (Å²) < 4.78 is 10.7. The van der Waals surface area contributed by atoms with Gasteiger partial charge in [-0.3, -0.25) is 0 Å². The summed E-state index contributed by atoms with van der Waals surface area (Å²) in [5, 5.41) is 3.78. The third kappa shape index (κ3) is 1.46. The number of rotatable bonds is 2. The molecule has 1 aromatic heterocycles. The van der Waals surface area contributed by atoms with Crippen LogP contribution in [0.25, 0.3) is 0 Å². The molecule has 1 aliphatic rings. The van der Waals surface area contributed by atoms with Crippen LogP contribution in [0.15, 0.2) is 28.8 Å². The molecule has 2 aromatic rings. The van der Waals surface area contributed by atoms with Crippen LogP contribution < -0.4 is 4.74 Å². The van der Waals surface area contributed by atoms with E-state index in [4.69, 9.17) is 20.9 Å². The number of nitrogens with zero attached hydrogens (tertiary/aromatic N) is 2. The van der Waals surface area contributed by atoms with Gasteiger partial charge >= 0.3 is 0 Å². The van der Waals surface area contributed by atoms with Crippen molar-refractivity contribution in [3.05, 3.63) is 41.5 Å². The lowest BCUT2D eigenvalue weighted by Crippen LogP contribution is -2.02. The van der Waals surface area contributed by atoms with E-state index in [-0.39, 0.29) is 11.8 Å². The van der Waals surface area contributed by atoms with Crippen LogP contribution in [0.5, 0.6) is 5.75 Å². The third-order valence-electron chi connectivity index (χ3n) is 2.60. The predicted molar refractivity (Wildman–Crippen MR) is 57.6 cm³/mol. The van der Waals surface area contributed by atoms with Crippen molar-refractivity contribution in [3.63, 3.8) is 0 Å². The lowest BCUT2D eigenvalue weighted by Gasteiger charge is -2.00.